The highest BCUT2D eigenvalue weighted by molar-refractivity contribution is 8.00. The van der Waals surface area contributed by atoms with Crippen LogP contribution in [0.5, 0.6) is 5.75 Å². The van der Waals surface area contributed by atoms with Crippen LogP contribution in [0.25, 0.3) is 0 Å². The lowest BCUT2D eigenvalue weighted by atomic mass is 10.1. The number of aromatic nitrogens is 2. The molecule has 2 aromatic carbocycles. The summed E-state index contributed by atoms with van der Waals surface area (Å²) in [4.78, 5) is 38.8. The quantitative estimate of drug-likeness (QED) is 0.193. The van der Waals surface area contributed by atoms with Gasteiger partial charge in [0.15, 0.2) is 5.82 Å². The number of nitrogens with zero attached hydrogens (tertiary/aromatic N) is 5. The summed E-state index contributed by atoms with van der Waals surface area (Å²) in [6.07, 6.45) is 9.19. The summed E-state index contributed by atoms with van der Waals surface area (Å²) in [5, 5.41) is 13.4. The van der Waals surface area contributed by atoms with Gasteiger partial charge >= 0.3 is 12.1 Å². The summed E-state index contributed by atoms with van der Waals surface area (Å²) in [5.41, 5.74) is 2.48. The van der Waals surface area contributed by atoms with E-state index in [0.717, 1.165) is 28.9 Å². The summed E-state index contributed by atoms with van der Waals surface area (Å²) in [6.45, 7) is 9.08. The number of hydrogen-bond donors (Lipinski definition) is 2. The number of anilines is 3. The lowest BCUT2D eigenvalue weighted by Gasteiger charge is -2.27. The van der Waals surface area contributed by atoms with Crippen LogP contribution in [0.1, 0.15) is 37.8 Å². The van der Waals surface area contributed by atoms with E-state index in [1.54, 1.807) is 35.4 Å². The molecule has 11 heteroatoms. The number of amides is 1. The largest absolute Gasteiger partial charge is 0.480 e. The van der Waals surface area contributed by atoms with Crippen LogP contribution in [-0.2, 0) is 11.2 Å². The predicted molar refractivity (Wildman–Crippen MR) is 171 cm³/mol. The zero-order chi connectivity index (χ0) is 30.8. The van der Waals surface area contributed by atoms with Crippen molar-refractivity contribution in [3.8, 4) is 18.1 Å². The standard InChI is InChI=1S/C32H38N6O4S/c1-5-18-38(43-26-16-10-23(4)11-17-26)28-22-33-31(36(6-2)7-3)35-29(28)34-27(30(39)40)21-24-12-14-25(15-13-24)42-32(41)37-19-8-9-20-37/h1,10-17,22,27H,6-9,18-21H2,2-4H3,(H,39,40)(H,33,34,35). The van der Waals surface area contributed by atoms with Crippen LogP contribution in [0.4, 0.5) is 22.2 Å². The molecule has 43 heavy (non-hydrogen) atoms. The Morgan fingerprint density at radius 2 is 1.79 bits per heavy atom. The minimum absolute atomic E-state index is 0.167. The van der Waals surface area contributed by atoms with Gasteiger partial charge in [-0.3, -0.25) is 4.31 Å². The Hall–Kier alpha value is -4.43. The number of carboxylic acids is 1. The minimum atomic E-state index is -1.03. The smallest absolute Gasteiger partial charge is 0.415 e. The first-order valence-electron chi connectivity index (χ1n) is 14.4. The maximum atomic E-state index is 12.5. The van der Waals surface area contributed by atoms with Crippen LogP contribution < -0.4 is 19.3 Å². The van der Waals surface area contributed by atoms with Gasteiger partial charge in [0, 0.05) is 37.5 Å². The molecule has 2 heterocycles. The van der Waals surface area contributed by atoms with E-state index in [4.69, 9.17) is 16.1 Å². The lowest BCUT2D eigenvalue weighted by molar-refractivity contribution is -0.137. The van der Waals surface area contributed by atoms with E-state index in [0.29, 0.717) is 49.4 Å². The van der Waals surface area contributed by atoms with Gasteiger partial charge in [-0.1, -0.05) is 35.7 Å². The number of carbonyl (C=O) groups is 2. The van der Waals surface area contributed by atoms with Gasteiger partial charge in [0.25, 0.3) is 0 Å². The zero-order valence-electron chi connectivity index (χ0n) is 24.8. The fraction of sp³-hybridized carbons (Fsp3) is 0.375. The molecule has 3 aromatic rings. The fourth-order valence-corrected chi connectivity index (χ4v) is 5.53. The topological polar surface area (TPSA) is 111 Å². The molecule has 1 aliphatic heterocycles. The minimum Gasteiger partial charge on any atom is -0.480 e. The van der Waals surface area contributed by atoms with Crippen molar-refractivity contribution in [3.63, 3.8) is 0 Å². The molecule has 10 nitrogen and oxygen atoms in total. The molecule has 2 N–H and O–H groups in total. The fourth-order valence-electron chi connectivity index (χ4n) is 4.65. The van der Waals surface area contributed by atoms with Gasteiger partial charge in [0.1, 0.15) is 17.5 Å². The lowest BCUT2D eigenvalue weighted by Crippen LogP contribution is -2.33. The summed E-state index contributed by atoms with van der Waals surface area (Å²) >= 11 is 1.43. The maximum absolute atomic E-state index is 12.5. The van der Waals surface area contributed by atoms with Crippen molar-refractivity contribution in [2.45, 2.75) is 51.0 Å². The number of nitrogens with one attached hydrogen (secondary N) is 1. The van der Waals surface area contributed by atoms with Crippen LogP contribution in [0.15, 0.2) is 59.6 Å². The van der Waals surface area contributed by atoms with Crippen molar-refractivity contribution in [3.05, 3.63) is 65.9 Å². The molecular weight excluding hydrogens is 564 g/mol. The maximum Gasteiger partial charge on any atom is 0.415 e. The first-order chi connectivity index (χ1) is 20.8. The van der Waals surface area contributed by atoms with Crippen LogP contribution in [0, 0.1) is 19.3 Å². The molecule has 1 aromatic heterocycles. The molecule has 0 radical (unpaired) electrons. The van der Waals surface area contributed by atoms with E-state index in [9.17, 15) is 14.7 Å². The van der Waals surface area contributed by atoms with Gasteiger partial charge < -0.3 is 25.0 Å². The Kier molecular flexibility index (Phi) is 11.1. The van der Waals surface area contributed by atoms with E-state index in [1.165, 1.54) is 11.9 Å². The zero-order valence-corrected chi connectivity index (χ0v) is 25.6. The number of likely N-dealkylation sites (tertiary alicyclic amines) is 1. The van der Waals surface area contributed by atoms with Crippen molar-refractivity contribution in [1.82, 2.24) is 14.9 Å². The molecule has 0 aliphatic carbocycles. The predicted octanol–water partition coefficient (Wildman–Crippen LogP) is 5.48. The van der Waals surface area contributed by atoms with E-state index in [2.05, 4.69) is 16.2 Å². The Morgan fingerprint density at radius 3 is 2.40 bits per heavy atom. The molecule has 0 spiro atoms. The van der Waals surface area contributed by atoms with Gasteiger partial charge in [-0.05, 0) is 75.4 Å². The van der Waals surface area contributed by atoms with Gasteiger partial charge in [0.05, 0.1) is 12.7 Å². The molecule has 1 unspecified atom stereocenters. The van der Waals surface area contributed by atoms with Gasteiger partial charge in [0.2, 0.25) is 5.95 Å². The monoisotopic (exact) mass is 602 g/mol. The Balaban J connectivity index is 1.58. The number of hydrogen-bond acceptors (Lipinski definition) is 9. The van der Waals surface area contributed by atoms with Gasteiger partial charge in [-0.25, -0.2) is 14.6 Å². The third kappa shape index (κ3) is 8.55. The Morgan fingerprint density at radius 1 is 1.12 bits per heavy atom. The van der Waals surface area contributed by atoms with Crippen molar-refractivity contribution >= 4 is 41.5 Å². The third-order valence-corrected chi connectivity index (χ3v) is 8.11. The number of ether oxygens (including phenoxy) is 1. The van der Waals surface area contributed by atoms with E-state index < -0.39 is 12.0 Å². The Labute approximate surface area is 257 Å². The number of terminal acetylenes is 1. The number of aryl methyl sites for hydroxylation is 1. The first-order valence-corrected chi connectivity index (χ1v) is 15.2. The average Bonchev–Trinajstić information content (AvgIpc) is 3.55. The second-order valence-corrected chi connectivity index (χ2v) is 11.3. The summed E-state index contributed by atoms with van der Waals surface area (Å²) in [6, 6.07) is 14.0. The molecule has 0 saturated carbocycles. The second-order valence-electron chi connectivity index (χ2n) is 10.2. The highest BCUT2D eigenvalue weighted by Gasteiger charge is 2.24. The van der Waals surface area contributed by atoms with Crippen LogP contribution in [-0.4, -0.2) is 70.8 Å². The summed E-state index contributed by atoms with van der Waals surface area (Å²) in [5.74, 6) is 2.94. The molecule has 1 saturated heterocycles. The highest BCUT2D eigenvalue weighted by atomic mass is 32.2. The highest BCUT2D eigenvalue weighted by Crippen LogP contribution is 2.34. The molecule has 1 atom stereocenters. The number of aliphatic carboxylic acids is 1. The van der Waals surface area contributed by atoms with E-state index in [-0.39, 0.29) is 19.1 Å². The SMILES string of the molecule is C#CCN(Sc1ccc(C)cc1)c1cnc(N(CC)CC)nc1NC(Cc1ccc(OC(=O)N2CCCC2)cc1)C(=O)O. The normalized spacial score (nSPS) is 13.2. The molecule has 1 aliphatic rings. The van der Waals surface area contributed by atoms with Crippen molar-refractivity contribution in [1.29, 1.82) is 0 Å². The molecule has 0 bridgehead atoms. The van der Waals surface area contributed by atoms with Crippen LogP contribution in [0.2, 0.25) is 0 Å². The van der Waals surface area contributed by atoms with Crippen LogP contribution in [0.3, 0.4) is 0 Å². The molecule has 1 fully saturated rings. The summed E-state index contributed by atoms with van der Waals surface area (Å²) < 4.78 is 7.36. The van der Waals surface area contributed by atoms with Crippen molar-refractivity contribution < 1.29 is 19.4 Å². The van der Waals surface area contributed by atoms with Gasteiger partial charge in [-0.2, -0.15) is 4.98 Å². The van der Waals surface area contributed by atoms with Crippen LogP contribution >= 0.6 is 11.9 Å². The second kappa shape index (κ2) is 15.2. The average molecular weight is 603 g/mol. The number of carbonyl (C=O) groups excluding carboxylic acids is 1. The molecule has 226 valence electrons. The molecule has 4 rings (SSSR count). The van der Waals surface area contributed by atoms with Crippen molar-refractivity contribution in [2.75, 3.05) is 47.2 Å². The summed E-state index contributed by atoms with van der Waals surface area (Å²) in [7, 11) is 0. The Bertz CT molecular complexity index is 1420. The van der Waals surface area contributed by atoms with E-state index in [1.807, 2.05) is 54.2 Å². The molecular formula is C32H38N6O4S. The molecule has 1 amide bonds. The number of rotatable bonds is 13. The third-order valence-electron chi connectivity index (χ3n) is 7.08. The van der Waals surface area contributed by atoms with Crippen molar-refractivity contribution in [2.24, 2.45) is 0 Å². The number of benzene rings is 2. The van der Waals surface area contributed by atoms with Gasteiger partial charge in [-0.15, -0.1) is 6.42 Å². The van der Waals surface area contributed by atoms with E-state index >= 15 is 0 Å². The number of carboxylic acid groups (broad SMARTS) is 1. The first kappa shape index (κ1) is 31.5.